The number of carbonyl (C=O) groups is 1. The molecule has 0 unspecified atom stereocenters. The van der Waals surface area contributed by atoms with E-state index in [1.807, 2.05) is 31.2 Å². The first kappa shape index (κ1) is 17.6. The summed E-state index contributed by atoms with van der Waals surface area (Å²) in [4.78, 5) is 16.7. The van der Waals surface area contributed by atoms with Gasteiger partial charge in [-0.3, -0.25) is 10.1 Å². The molecule has 3 N–H and O–H groups in total. The topological polar surface area (TPSA) is 96.7 Å². The van der Waals surface area contributed by atoms with Crippen molar-refractivity contribution in [2.24, 2.45) is 5.73 Å². The molecule has 2 aromatic carbocycles. The van der Waals surface area contributed by atoms with Crippen molar-refractivity contribution < 1.29 is 4.79 Å². The van der Waals surface area contributed by atoms with Crippen molar-refractivity contribution in [2.75, 3.05) is 0 Å². The van der Waals surface area contributed by atoms with Gasteiger partial charge in [0.15, 0.2) is 0 Å². The van der Waals surface area contributed by atoms with E-state index < -0.39 is 11.9 Å². The van der Waals surface area contributed by atoms with Crippen molar-refractivity contribution >= 4 is 16.9 Å². The van der Waals surface area contributed by atoms with Gasteiger partial charge in [0.1, 0.15) is 11.9 Å². The van der Waals surface area contributed by atoms with Gasteiger partial charge in [-0.2, -0.15) is 5.26 Å². The molecule has 3 aromatic rings. The van der Waals surface area contributed by atoms with Crippen LogP contribution >= 0.6 is 0 Å². The standard InChI is InChI=1S/C20H21N5O/c1-3-25-17-7-5-4-6-16(17)24-20(25)13(2)23-18(19(22)26)15-10-8-14(12-21)9-11-15/h4-11,13,18,23H,3H2,1-2H3,(H2,22,26)/t13-,18+/m1/s1. The Kier molecular flexibility index (Phi) is 5.01. The molecule has 6 heteroatoms. The number of carbonyl (C=O) groups excluding carboxylic acids is 1. The number of aryl methyl sites for hydroxylation is 1. The van der Waals surface area contributed by atoms with Crippen LogP contribution in [0.5, 0.6) is 0 Å². The molecule has 0 aliphatic heterocycles. The van der Waals surface area contributed by atoms with Gasteiger partial charge in [0.2, 0.25) is 5.91 Å². The van der Waals surface area contributed by atoms with Gasteiger partial charge in [-0.05, 0) is 43.7 Å². The highest BCUT2D eigenvalue weighted by atomic mass is 16.1. The quantitative estimate of drug-likeness (QED) is 0.716. The van der Waals surface area contributed by atoms with Crippen LogP contribution in [-0.2, 0) is 11.3 Å². The van der Waals surface area contributed by atoms with Gasteiger partial charge in [-0.1, -0.05) is 24.3 Å². The van der Waals surface area contributed by atoms with E-state index in [-0.39, 0.29) is 6.04 Å². The molecule has 0 radical (unpaired) electrons. The lowest BCUT2D eigenvalue weighted by Gasteiger charge is -2.22. The van der Waals surface area contributed by atoms with E-state index in [0.29, 0.717) is 5.56 Å². The molecule has 0 saturated heterocycles. The number of hydrogen-bond donors (Lipinski definition) is 2. The van der Waals surface area contributed by atoms with Gasteiger partial charge in [0.25, 0.3) is 0 Å². The molecule has 1 heterocycles. The van der Waals surface area contributed by atoms with Gasteiger partial charge in [-0.25, -0.2) is 4.98 Å². The predicted octanol–water partition coefficient (Wildman–Crippen LogP) is 2.81. The zero-order valence-electron chi connectivity index (χ0n) is 14.8. The molecule has 0 spiro atoms. The number of nitrogens with zero attached hydrogens (tertiary/aromatic N) is 3. The number of imidazole rings is 1. The Balaban J connectivity index is 1.92. The third-order valence-corrected chi connectivity index (χ3v) is 4.46. The predicted molar refractivity (Wildman–Crippen MR) is 100 cm³/mol. The van der Waals surface area contributed by atoms with E-state index in [9.17, 15) is 4.79 Å². The van der Waals surface area contributed by atoms with E-state index in [1.54, 1.807) is 24.3 Å². The summed E-state index contributed by atoms with van der Waals surface area (Å²) in [7, 11) is 0. The fourth-order valence-corrected chi connectivity index (χ4v) is 3.17. The lowest BCUT2D eigenvalue weighted by Crippen LogP contribution is -2.36. The fraction of sp³-hybridized carbons (Fsp3) is 0.250. The lowest BCUT2D eigenvalue weighted by molar-refractivity contribution is -0.120. The molecule has 2 atom stereocenters. The normalized spacial score (nSPS) is 13.3. The van der Waals surface area contributed by atoms with Crippen molar-refractivity contribution in [3.05, 3.63) is 65.5 Å². The van der Waals surface area contributed by atoms with Crippen molar-refractivity contribution in [1.82, 2.24) is 14.9 Å². The van der Waals surface area contributed by atoms with E-state index in [2.05, 4.69) is 22.9 Å². The SMILES string of the molecule is CCn1c([C@@H](C)N[C@H](C(N)=O)c2ccc(C#N)cc2)nc2ccccc21. The third-order valence-electron chi connectivity index (χ3n) is 4.46. The van der Waals surface area contributed by atoms with Crippen molar-refractivity contribution in [3.8, 4) is 6.07 Å². The summed E-state index contributed by atoms with van der Waals surface area (Å²) in [6.07, 6.45) is 0. The Bertz CT molecular complexity index is 968. The van der Waals surface area contributed by atoms with Crippen molar-refractivity contribution in [2.45, 2.75) is 32.5 Å². The number of aromatic nitrogens is 2. The molecule has 1 amide bonds. The summed E-state index contributed by atoms with van der Waals surface area (Å²) >= 11 is 0. The monoisotopic (exact) mass is 347 g/mol. The average molecular weight is 347 g/mol. The first-order valence-corrected chi connectivity index (χ1v) is 8.55. The van der Waals surface area contributed by atoms with Gasteiger partial charge < -0.3 is 10.3 Å². The van der Waals surface area contributed by atoms with Crippen LogP contribution in [0.25, 0.3) is 11.0 Å². The van der Waals surface area contributed by atoms with Crippen LogP contribution < -0.4 is 11.1 Å². The minimum Gasteiger partial charge on any atom is -0.368 e. The Hall–Kier alpha value is -3.17. The zero-order chi connectivity index (χ0) is 18.7. The Morgan fingerprint density at radius 2 is 1.96 bits per heavy atom. The number of benzene rings is 2. The molecule has 132 valence electrons. The van der Waals surface area contributed by atoms with Crippen LogP contribution in [0.4, 0.5) is 0 Å². The molecule has 0 fully saturated rings. The van der Waals surface area contributed by atoms with Crippen LogP contribution in [0.1, 0.15) is 42.9 Å². The first-order valence-electron chi connectivity index (χ1n) is 8.55. The minimum atomic E-state index is -0.664. The molecule has 0 aliphatic rings. The lowest BCUT2D eigenvalue weighted by atomic mass is 10.0. The molecular formula is C20H21N5O. The van der Waals surface area contributed by atoms with E-state index in [1.165, 1.54) is 0 Å². The van der Waals surface area contributed by atoms with Gasteiger partial charge in [0.05, 0.1) is 28.7 Å². The molecule has 26 heavy (non-hydrogen) atoms. The summed E-state index contributed by atoms with van der Waals surface area (Å²) in [5.74, 6) is 0.384. The Morgan fingerprint density at radius 1 is 1.27 bits per heavy atom. The van der Waals surface area contributed by atoms with Gasteiger partial charge in [-0.15, -0.1) is 0 Å². The first-order chi connectivity index (χ1) is 12.5. The zero-order valence-corrected chi connectivity index (χ0v) is 14.8. The van der Waals surface area contributed by atoms with Gasteiger partial charge >= 0.3 is 0 Å². The summed E-state index contributed by atoms with van der Waals surface area (Å²) in [6, 6.07) is 16.0. The number of nitriles is 1. The molecule has 0 bridgehead atoms. The summed E-state index contributed by atoms with van der Waals surface area (Å²) in [5.41, 5.74) is 8.87. The van der Waals surface area contributed by atoms with Crippen molar-refractivity contribution in [1.29, 1.82) is 5.26 Å². The Morgan fingerprint density at radius 3 is 2.58 bits per heavy atom. The van der Waals surface area contributed by atoms with Crippen molar-refractivity contribution in [3.63, 3.8) is 0 Å². The third kappa shape index (κ3) is 3.30. The highest BCUT2D eigenvalue weighted by Gasteiger charge is 2.23. The number of hydrogen-bond acceptors (Lipinski definition) is 4. The largest absolute Gasteiger partial charge is 0.368 e. The second-order valence-corrected chi connectivity index (χ2v) is 6.16. The highest BCUT2D eigenvalue weighted by molar-refractivity contribution is 5.81. The number of amides is 1. The average Bonchev–Trinajstić information content (AvgIpc) is 3.04. The van der Waals surface area contributed by atoms with E-state index in [4.69, 9.17) is 16.0 Å². The van der Waals surface area contributed by atoms with Crippen LogP contribution in [0, 0.1) is 11.3 Å². The molecule has 3 rings (SSSR count). The van der Waals surface area contributed by atoms with E-state index in [0.717, 1.165) is 29.0 Å². The van der Waals surface area contributed by atoms with Crippen LogP contribution in [-0.4, -0.2) is 15.5 Å². The number of fused-ring (bicyclic) bond motifs is 1. The minimum absolute atomic E-state index is 0.185. The van der Waals surface area contributed by atoms with Crippen LogP contribution in [0.2, 0.25) is 0 Å². The molecule has 6 nitrogen and oxygen atoms in total. The molecular weight excluding hydrogens is 326 g/mol. The second kappa shape index (κ2) is 7.38. The number of primary amides is 1. The molecule has 1 aromatic heterocycles. The van der Waals surface area contributed by atoms with Gasteiger partial charge in [0, 0.05) is 6.54 Å². The van der Waals surface area contributed by atoms with Crippen LogP contribution in [0.15, 0.2) is 48.5 Å². The fourth-order valence-electron chi connectivity index (χ4n) is 3.17. The highest BCUT2D eigenvalue weighted by Crippen LogP contribution is 2.24. The second-order valence-electron chi connectivity index (χ2n) is 6.16. The summed E-state index contributed by atoms with van der Waals surface area (Å²) in [5, 5.41) is 12.2. The molecule has 0 aliphatic carbocycles. The summed E-state index contributed by atoms with van der Waals surface area (Å²) < 4.78 is 2.13. The number of para-hydroxylation sites is 2. The maximum absolute atomic E-state index is 12.0. The number of rotatable bonds is 6. The van der Waals surface area contributed by atoms with Crippen LogP contribution in [0.3, 0.4) is 0 Å². The smallest absolute Gasteiger partial charge is 0.239 e. The Labute approximate surface area is 152 Å². The molecule has 0 saturated carbocycles. The van der Waals surface area contributed by atoms with E-state index >= 15 is 0 Å². The number of nitrogens with one attached hydrogen (secondary N) is 1. The summed E-state index contributed by atoms with van der Waals surface area (Å²) in [6.45, 7) is 4.81. The maximum atomic E-state index is 12.0. The number of nitrogens with two attached hydrogens (primary N) is 1. The maximum Gasteiger partial charge on any atom is 0.239 e.